The van der Waals surface area contributed by atoms with Crippen molar-refractivity contribution in [1.29, 1.82) is 0 Å². The normalized spacial score (nSPS) is 13.1. The number of rotatable bonds is 38. The monoisotopic (exact) mass is 805 g/mol. The van der Waals surface area contributed by atoms with E-state index in [2.05, 4.69) is 37.4 Å². The van der Waals surface area contributed by atoms with Crippen LogP contribution in [0.3, 0.4) is 0 Å². The molecule has 7 nitrogen and oxygen atoms in total. The zero-order valence-corrected chi connectivity index (χ0v) is 38.3. The molecule has 2 unspecified atom stereocenters. The van der Waals surface area contributed by atoms with Crippen LogP contribution in [0.25, 0.3) is 0 Å². The molecule has 0 aliphatic heterocycles. The first-order valence-electron chi connectivity index (χ1n) is 23.1. The van der Waals surface area contributed by atoms with Gasteiger partial charge < -0.3 is 14.8 Å². The smallest absolute Gasteiger partial charge is 0.238 e. The van der Waals surface area contributed by atoms with Crippen molar-refractivity contribution in [2.45, 2.75) is 239 Å². The van der Waals surface area contributed by atoms with Gasteiger partial charge in [-0.15, -0.1) is 0 Å². The molecule has 326 valence electrons. The summed E-state index contributed by atoms with van der Waals surface area (Å²) in [6.07, 6.45) is 38.0. The van der Waals surface area contributed by atoms with Gasteiger partial charge in [0.25, 0.3) is 0 Å². The average molecular weight is 805 g/mol. The molecule has 1 rings (SSSR count). The number of amides is 1. The molecule has 0 heterocycles. The highest BCUT2D eigenvalue weighted by Crippen LogP contribution is 2.33. The molecule has 2 atom stereocenters. The molecule has 0 radical (unpaired) electrons. The number of hydrogen-bond acceptors (Lipinski definition) is 5. The fourth-order valence-corrected chi connectivity index (χ4v) is 8.42. The molecule has 1 amide bonds. The first kappa shape index (κ1) is 52.0. The molecular formula is C48H88N2O5S. The Balaban J connectivity index is 2.12. The Morgan fingerprint density at radius 1 is 0.696 bits per heavy atom. The lowest BCUT2D eigenvalue weighted by atomic mass is 9.98. The van der Waals surface area contributed by atoms with Gasteiger partial charge in [-0.05, 0) is 63.6 Å². The van der Waals surface area contributed by atoms with E-state index in [1.807, 2.05) is 25.1 Å². The molecule has 56 heavy (non-hydrogen) atoms. The summed E-state index contributed by atoms with van der Waals surface area (Å²) in [5, 5.41) is 3.77. The number of carbonyl (C=O) groups is 1. The first-order valence-corrected chi connectivity index (χ1v) is 24.7. The Hall–Kier alpha value is -2.06. The number of benzene rings is 1. The fraction of sp³-hybridized carbons (Fsp3) is 0.812. The van der Waals surface area contributed by atoms with Crippen LogP contribution in [0, 0.1) is 5.92 Å². The van der Waals surface area contributed by atoms with E-state index in [0.29, 0.717) is 17.9 Å². The van der Waals surface area contributed by atoms with Crippen molar-refractivity contribution in [2.24, 2.45) is 5.92 Å². The third-order valence-corrected chi connectivity index (χ3v) is 12.2. The second-order valence-electron chi connectivity index (χ2n) is 17.6. The fourth-order valence-electron chi connectivity index (χ4n) is 7.59. The minimum atomic E-state index is -3.73. The number of sulfonamides is 1. The highest BCUT2D eigenvalue weighted by atomic mass is 32.2. The summed E-state index contributed by atoms with van der Waals surface area (Å²) in [4.78, 5) is 12.9. The van der Waals surface area contributed by atoms with Gasteiger partial charge in [0.2, 0.25) is 15.9 Å². The highest BCUT2D eigenvalue weighted by Gasteiger charge is 2.27. The SMILES string of the molecule is C=CS(=O)(=O)NC(C(=O)NC(C)Cc1ccc(OC(C)(C)CCCCCCCCCCCCCCCCCCCCCCCCCCCC)c(OC)c1)C(C)C. The van der Waals surface area contributed by atoms with Crippen LogP contribution in [0.2, 0.25) is 0 Å². The Labute approximate surface area is 346 Å². The summed E-state index contributed by atoms with van der Waals surface area (Å²) in [6.45, 7) is 15.4. The largest absolute Gasteiger partial charge is 0.493 e. The second-order valence-corrected chi connectivity index (χ2v) is 19.3. The summed E-state index contributed by atoms with van der Waals surface area (Å²) in [5.74, 6) is 0.793. The zero-order valence-electron chi connectivity index (χ0n) is 37.5. The lowest BCUT2D eigenvalue weighted by Gasteiger charge is -2.28. The molecule has 8 heteroatoms. The van der Waals surface area contributed by atoms with Gasteiger partial charge in [-0.3, -0.25) is 4.79 Å². The van der Waals surface area contributed by atoms with Crippen molar-refractivity contribution in [1.82, 2.24) is 10.0 Å². The number of ether oxygens (including phenoxy) is 2. The second kappa shape index (κ2) is 31.9. The lowest BCUT2D eigenvalue weighted by molar-refractivity contribution is -0.124. The van der Waals surface area contributed by atoms with Crippen molar-refractivity contribution >= 4 is 15.9 Å². The van der Waals surface area contributed by atoms with Gasteiger partial charge in [-0.1, -0.05) is 194 Å². The van der Waals surface area contributed by atoms with Crippen molar-refractivity contribution in [3.63, 3.8) is 0 Å². The Morgan fingerprint density at radius 3 is 1.48 bits per heavy atom. The van der Waals surface area contributed by atoms with Gasteiger partial charge in [0.05, 0.1) is 7.11 Å². The van der Waals surface area contributed by atoms with Crippen LogP contribution in [-0.2, 0) is 21.2 Å². The topological polar surface area (TPSA) is 93.7 Å². The number of hydrogen-bond donors (Lipinski definition) is 2. The van der Waals surface area contributed by atoms with E-state index < -0.39 is 16.1 Å². The number of methoxy groups -OCH3 is 1. The van der Waals surface area contributed by atoms with E-state index in [-0.39, 0.29) is 23.5 Å². The van der Waals surface area contributed by atoms with E-state index in [1.165, 1.54) is 161 Å². The van der Waals surface area contributed by atoms with Gasteiger partial charge in [0, 0.05) is 11.4 Å². The van der Waals surface area contributed by atoms with Crippen LogP contribution in [0.15, 0.2) is 30.2 Å². The standard InChI is InChI=1S/C48H88N2O5S/c1-9-11-12-13-14-15-16-17-18-19-20-21-22-23-24-25-26-27-28-29-30-31-32-33-34-35-38-48(6,7)55-44-37-36-43(40-45(44)54-8)39-42(5)49-47(51)46(41(3)4)50-56(52,53)10-2/h10,36-37,40-42,46,50H,2,9,11-35,38-39H2,1,3-8H3,(H,49,51). The van der Waals surface area contributed by atoms with Crippen molar-refractivity contribution in [2.75, 3.05) is 7.11 Å². The van der Waals surface area contributed by atoms with Crippen LogP contribution in [0.1, 0.15) is 220 Å². The van der Waals surface area contributed by atoms with Crippen molar-refractivity contribution in [3.8, 4) is 11.5 Å². The van der Waals surface area contributed by atoms with Crippen LogP contribution in [-0.4, -0.2) is 39.1 Å². The van der Waals surface area contributed by atoms with Crippen LogP contribution in [0.5, 0.6) is 11.5 Å². The van der Waals surface area contributed by atoms with Crippen LogP contribution < -0.4 is 19.5 Å². The number of nitrogens with one attached hydrogen (secondary N) is 2. The van der Waals surface area contributed by atoms with E-state index in [0.717, 1.165) is 23.8 Å². The summed E-state index contributed by atoms with van der Waals surface area (Å²) in [5.41, 5.74) is 0.676. The Morgan fingerprint density at radius 2 is 1.11 bits per heavy atom. The van der Waals surface area contributed by atoms with Gasteiger partial charge >= 0.3 is 0 Å². The van der Waals surface area contributed by atoms with Crippen molar-refractivity contribution < 1.29 is 22.7 Å². The number of carbonyl (C=O) groups excluding carboxylic acids is 1. The third kappa shape index (κ3) is 26.8. The zero-order chi connectivity index (χ0) is 41.5. The maximum Gasteiger partial charge on any atom is 0.238 e. The van der Waals surface area contributed by atoms with Crippen LogP contribution in [0.4, 0.5) is 0 Å². The molecule has 0 saturated heterocycles. The minimum Gasteiger partial charge on any atom is -0.493 e. The average Bonchev–Trinajstić information content (AvgIpc) is 3.15. The van der Waals surface area contributed by atoms with Crippen molar-refractivity contribution in [3.05, 3.63) is 35.7 Å². The maximum atomic E-state index is 12.9. The molecule has 0 bridgehead atoms. The van der Waals surface area contributed by atoms with Gasteiger partial charge in [0.15, 0.2) is 11.5 Å². The van der Waals surface area contributed by atoms with E-state index in [1.54, 1.807) is 21.0 Å². The van der Waals surface area contributed by atoms with Gasteiger partial charge in [-0.2, -0.15) is 4.72 Å². The molecule has 0 aliphatic carbocycles. The molecule has 0 aromatic heterocycles. The molecule has 0 spiro atoms. The third-order valence-electron chi connectivity index (χ3n) is 11.1. The lowest BCUT2D eigenvalue weighted by Crippen LogP contribution is -2.51. The quantitative estimate of drug-likeness (QED) is 0.0649. The highest BCUT2D eigenvalue weighted by molar-refractivity contribution is 7.92. The van der Waals surface area contributed by atoms with E-state index >= 15 is 0 Å². The molecule has 2 N–H and O–H groups in total. The molecular weight excluding hydrogens is 717 g/mol. The minimum absolute atomic E-state index is 0.219. The summed E-state index contributed by atoms with van der Waals surface area (Å²) >= 11 is 0. The van der Waals surface area contributed by atoms with E-state index in [4.69, 9.17) is 9.47 Å². The Kier molecular flexibility index (Phi) is 29.6. The summed E-state index contributed by atoms with van der Waals surface area (Å²) in [7, 11) is -2.09. The summed E-state index contributed by atoms with van der Waals surface area (Å²) in [6, 6.07) is 4.80. The maximum absolute atomic E-state index is 12.9. The van der Waals surface area contributed by atoms with E-state index in [9.17, 15) is 13.2 Å². The molecule has 0 aliphatic rings. The Bertz CT molecular complexity index is 1250. The predicted octanol–water partition coefficient (Wildman–Crippen LogP) is 13.5. The van der Waals surface area contributed by atoms with Gasteiger partial charge in [-0.25, -0.2) is 8.42 Å². The predicted molar refractivity (Wildman–Crippen MR) is 240 cm³/mol. The van der Waals surface area contributed by atoms with Gasteiger partial charge in [0.1, 0.15) is 11.6 Å². The first-order chi connectivity index (χ1) is 26.8. The van der Waals surface area contributed by atoms with Crippen LogP contribution >= 0.6 is 0 Å². The number of unbranched alkanes of at least 4 members (excludes halogenated alkanes) is 25. The molecule has 1 aromatic rings. The molecule has 0 saturated carbocycles. The summed E-state index contributed by atoms with van der Waals surface area (Å²) < 4.78 is 38.5. The molecule has 1 aromatic carbocycles. The molecule has 0 fully saturated rings.